The van der Waals surface area contributed by atoms with Crippen LogP contribution in [0.25, 0.3) is 10.2 Å². The van der Waals surface area contributed by atoms with Gasteiger partial charge in [0, 0.05) is 18.6 Å². The second-order valence-corrected chi connectivity index (χ2v) is 6.89. The van der Waals surface area contributed by atoms with Gasteiger partial charge < -0.3 is 15.4 Å². The number of thiophene rings is 1. The Bertz CT molecular complexity index is 658. The second kappa shape index (κ2) is 6.25. The van der Waals surface area contributed by atoms with Crippen molar-refractivity contribution >= 4 is 21.6 Å². The van der Waals surface area contributed by atoms with E-state index in [1.165, 1.54) is 30.6 Å². The topological polar surface area (TPSA) is 78.0 Å². The van der Waals surface area contributed by atoms with Crippen molar-refractivity contribution in [2.75, 3.05) is 13.2 Å². The SMILES string of the molecule is O=c1[nH]c(CNCC2(CO)CCCCC2)nc2ccsc12. The first-order chi connectivity index (χ1) is 10.2. The highest BCUT2D eigenvalue weighted by Gasteiger charge is 2.30. The molecule has 0 amide bonds. The average Bonchev–Trinajstić information content (AvgIpc) is 2.97. The van der Waals surface area contributed by atoms with Crippen LogP contribution in [0.5, 0.6) is 0 Å². The Morgan fingerprint density at radius 3 is 2.95 bits per heavy atom. The van der Waals surface area contributed by atoms with Crippen LogP contribution in [0.3, 0.4) is 0 Å². The fourth-order valence-corrected chi connectivity index (χ4v) is 3.87. The van der Waals surface area contributed by atoms with Crippen molar-refractivity contribution in [3.05, 3.63) is 27.6 Å². The van der Waals surface area contributed by atoms with Gasteiger partial charge in [0.15, 0.2) is 0 Å². The third kappa shape index (κ3) is 3.17. The predicted molar refractivity (Wildman–Crippen MR) is 84.6 cm³/mol. The van der Waals surface area contributed by atoms with Crippen LogP contribution in [0, 0.1) is 5.41 Å². The van der Waals surface area contributed by atoms with Gasteiger partial charge in [0.2, 0.25) is 0 Å². The zero-order chi connectivity index (χ0) is 14.7. The maximum absolute atomic E-state index is 11.9. The number of aliphatic hydroxyl groups excluding tert-OH is 1. The Hall–Kier alpha value is -1.24. The lowest BCUT2D eigenvalue weighted by atomic mass is 9.74. The molecule has 1 aliphatic rings. The third-order valence-electron chi connectivity index (χ3n) is 4.41. The van der Waals surface area contributed by atoms with E-state index in [4.69, 9.17) is 0 Å². The van der Waals surface area contributed by atoms with E-state index in [1.54, 1.807) is 0 Å². The van der Waals surface area contributed by atoms with Crippen LogP contribution in [0.2, 0.25) is 0 Å². The molecule has 0 aliphatic heterocycles. The molecule has 0 bridgehead atoms. The van der Waals surface area contributed by atoms with Crippen molar-refractivity contribution in [3.63, 3.8) is 0 Å². The molecular formula is C15H21N3O2S. The first kappa shape index (κ1) is 14.7. The molecule has 21 heavy (non-hydrogen) atoms. The Kier molecular flexibility index (Phi) is 4.37. The van der Waals surface area contributed by atoms with Crippen LogP contribution in [0.15, 0.2) is 16.2 Å². The first-order valence-corrected chi connectivity index (χ1v) is 8.38. The van der Waals surface area contributed by atoms with E-state index in [0.29, 0.717) is 17.1 Å². The molecule has 0 aromatic carbocycles. The third-order valence-corrected chi connectivity index (χ3v) is 5.31. The Labute approximate surface area is 127 Å². The summed E-state index contributed by atoms with van der Waals surface area (Å²) in [4.78, 5) is 19.2. The van der Waals surface area contributed by atoms with Crippen LogP contribution in [0.4, 0.5) is 0 Å². The van der Waals surface area contributed by atoms with Crippen LogP contribution in [-0.4, -0.2) is 28.2 Å². The highest BCUT2D eigenvalue weighted by Crippen LogP contribution is 2.35. The molecule has 0 radical (unpaired) electrons. The summed E-state index contributed by atoms with van der Waals surface area (Å²) in [6.07, 6.45) is 5.80. The van der Waals surface area contributed by atoms with Crippen molar-refractivity contribution in [2.45, 2.75) is 38.6 Å². The highest BCUT2D eigenvalue weighted by molar-refractivity contribution is 7.17. The van der Waals surface area contributed by atoms with Gasteiger partial charge in [-0.05, 0) is 24.3 Å². The van der Waals surface area contributed by atoms with E-state index < -0.39 is 0 Å². The number of nitrogens with one attached hydrogen (secondary N) is 2. The summed E-state index contributed by atoms with van der Waals surface area (Å²) in [7, 11) is 0. The molecule has 0 atom stereocenters. The molecule has 1 saturated carbocycles. The maximum atomic E-state index is 11.9. The molecule has 6 heteroatoms. The van der Waals surface area contributed by atoms with Gasteiger partial charge in [-0.1, -0.05) is 19.3 Å². The summed E-state index contributed by atoms with van der Waals surface area (Å²) >= 11 is 1.41. The van der Waals surface area contributed by atoms with Gasteiger partial charge in [0.05, 0.1) is 12.1 Å². The predicted octanol–water partition coefficient (Wildman–Crippen LogP) is 2.02. The zero-order valence-electron chi connectivity index (χ0n) is 12.0. The number of aromatic amines is 1. The van der Waals surface area contributed by atoms with E-state index in [9.17, 15) is 9.90 Å². The van der Waals surface area contributed by atoms with E-state index in [1.807, 2.05) is 11.4 Å². The Morgan fingerprint density at radius 2 is 2.19 bits per heavy atom. The largest absolute Gasteiger partial charge is 0.396 e. The minimum Gasteiger partial charge on any atom is -0.396 e. The number of aromatic nitrogens is 2. The quantitative estimate of drug-likeness (QED) is 0.789. The number of hydrogen-bond acceptors (Lipinski definition) is 5. The highest BCUT2D eigenvalue weighted by atomic mass is 32.1. The van der Waals surface area contributed by atoms with Crippen molar-refractivity contribution in [3.8, 4) is 0 Å². The van der Waals surface area contributed by atoms with Crippen LogP contribution in [-0.2, 0) is 6.54 Å². The zero-order valence-corrected chi connectivity index (χ0v) is 12.8. The molecule has 1 aliphatic carbocycles. The molecular weight excluding hydrogens is 286 g/mol. The van der Waals surface area contributed by atoms with Crippen molar-refractivity contribution < 1.29 is 5.11 Å². The molecule has 0 saturated heterocycles. The first-order valence-electron chi connectivity index (χ1n) is 7.50. The Morgan fingerprint density at radius 1 is 1.38 bits per heavy atom. The lowest BCUT2D eigenvalue weighted by molar-refractivity contribution is 0.0809. The van der Waals surface area contributed by atoms with E-state index >= 15 is 0 Å². The minimum absolute atomic E-state index is 0.00499. The summed E-state index contributed by atoms with van der Waals surface area (Å²) in [5.41, 5.74) is 0.696. The van der Waals surface area contributed by atoms with Gasteiger partial charge in [-0.3, -0.25) is 4.79 Å². The van der Waals surface area contributed by atoms with Crippen LogP contribution >= 0.6 is 11.3 Å². The number of fused-ring (bicyclic) bond motifs is 1. The average molecular weight is 307 g/mol. The summed E-state index contributed by atoms with van der Waals surface area (Å²) in [5.74, 6) is 0.662. The summed E-state index contributed by atoms with van der Waals surface area (Å²) in [5, 5.41) is 14.9. The maximum Gasteiger partial charge on any atom is 0.268 e. The van der Waals surface area contributed by atoms with Crippen molar-refractivity contribution in [1.29, 1.82) is 0 Å². The van der Waals surface area contributed by atoms with Crippen LogP contribution in [0.1, 0.15) is 37.9 Å². The van der Waals surface area contributed by atoms with Gasteiger partial charge in [-0.25, -0.2) is 4.98 Å². The Balaban J connectivity index is 1.64. The molecule has 1 fully saturated rings. The monoisotopic (exact) mass is 307 g/mol. The summed E-state index contributed by atoms with van der Waals surface area (Å²) in [6.45, 7) is 1.53. The number of aliphatic hydroxyl groups is 1. The van der Waals surface area contributed by atoms with Crippen LogP contribution < -0.4 is 10.9 Å². The van der Waals surface area contributed by atoms with Gasteiger partial charge in [-0.15, -0.1) is 11.3 Å². The van der Waals surface area contributed by atoms with E-state index in [0.717, 1.165) is 24.9 Å². The standard InChI is InChI=1S/C15H21N3O2S/c19-10-15(5-2-1-3-6-15)9-16-8-12-17-11-4-7-21-13(11)14(20)18-12/h4,7,16,19H,1-3,5-6,8-10H2,(H,17,18,20). The molecule has 5 nitrogen and oxygen atoms in total. The van der Waals surface area contributed by atoms with Crippen molar-refractivity contribution in [2.24, 2.45) is 5.41 Å². The van der Waals surface area contributed by atoms with Gasteiger partial charge in [0.25, 0.3) is 5.56 Å². The molecule has 0 unspecified atom stereocenters. The lowest BCUT2D eigenvalue weighted by Crippen LogP contribution is -2.39. The molecule has 0 spiro atoms. The number of nitrogens with zero attached hydrogens (tertiary/aromatic N) is 1. The molecule has 2 aromatic rings. The van der Waals surface area contributed by atoms with Gasteiger partial charge in [0.1, 0.15) is 10.5 Å². The lowest BCUT2D eigenvalue weighted by Gasteiger charge is -2.35. The van der Waals surface area contributed by atoms with Gasteiger partial charge in [-0.2, -0.15) is 0 Å². The molecule has 114 valence electrons. The minimum atomic E-state index is -0.0682. The van der Waals surface area contributed by atoms with Gasteiger partial charge >= 0.3 is 0 Å². The fourth-order valence-electron chi connectivity index (χ4n) is 3.14. The molecule has 3 rings (SSSR count). The number of rotatable bonds is 5. The fraction of sp³-hybridized carbons (Fsp3) is 0.600. The molecule has 3 N–H and O–H groups in total. The van der Waals surface area contributed by atoms with E-state index in [-0.39, 0.29) is 17.6 Å². The molecule has 2 aromatic heterocycles. The number of H-pyrrole nitrogens is 1. The van der Waals surface area contributed by atoms with E-state index in [2.05, 4.69) is 15.3 Å². The summed E-state index contributed by atoms with van der Waals surface area (Å²) < 4.78 is 0.679. The normalized spacial score (nSPS) is 18.1. The summed E-state index contributed by atoms with van der Waals surface area (Å²) in [6, 6.07) is 1.87. The van der Waals surface area contributed by atoms with Crippen molar-refractivity contribution in [1.82, 2.24) is 15.3 Å². The molecule has 2 heterocycles. The number of hydrogen-bond donors (Lipinski definition) is 3. The second-order valence-electron chi connectivity index (χ2n) is 5.97. The smallest absolute Gasteiger partial charge is 0.268 e.